The number of nitrogens with zero attached hydrogens (tertiary/aromatic N) is 2. The number of nitriles is 1. The molecule has 9 heteroatoms. The largest absolute Gasteiger partial charge is 0.464 e. The lowest BCUT2D eigenvalue weighted by Crippen LogP contribution is -2.43. The number of halogens is 1. The number of nitrogens with two attached hydrogens (primary N) is 1. The van der Waals surface area contributed by atoms with Crippen molar-refractivity contribution in [1.29, 1.82) is 5.26 Å². The summed E-state index contributed by atoms with van der Waals surface area (Å²) in [4.78, 5) is 36.9. The van der Waals surface area contributed by atoms with Crippen LogP contribution in [0, 0.1) is 24.1 Å². The minimum atomic E-state index is -0.833. The molecule has 1 aromatic heterocycles. The minimum Gasteiger partial charge on any atom is -0.464 e. The van der Waals surface area contributed by atoms with Crippen LogP contribution in [0.25, 0.3) is 5.69 Å². The van der Waals surface area contributed by atoms with E-state index in [1.54, 1.807) is 6.92 Å². The second kappa shape index (κ2) is 7.39. The summed E-state index contributed by atoms with van der Waals surface area (Å²) in [6, 6.07) is 2.22. The van der Waals surface area contributed by atoms with E-state index in [0.29, 0.717) is 24.0 Å². The molecule has 150 valence electrons. The number of Topliss-reactive ketones (excluding diaryl/α,β-unsaturated/α-hetero) is 1. The maximum Gasteiger partial charge on any atom is 0.357 e. The Bertz CT molecular complexity index is 1100. The van der Waals surface area contributed by atoms with Gasteiger partial charge in [-0.3, -0.25) is 9.59 Å². The number of ether oxygens (including phenoxy) is 1. The number of anilines is 1. The Kier molecular flexibility index (Phi) is 5.12. The second-order valence-corrected chi connectivity index (χ2v) is 6.79. The van der Waals surface area contributed by atoms with Crippen LogP contribution >= 0.6 is 0 Å². The van der Waals surface area contributed by atoms with Crippen molar-refractivity contribution in [3.63, 3.8) is 0 Å². The zero-order valence-electron chi connectivity index (χ0n) is 16.1. The third-order valence-electron chi connectivity index (χ3n) is 5.06. The fraction of sp³-hybridized carbons (Fsp3) is 0.300. The van der Waals surface area contributed by atoms with Gasteiger partial charge >= 0.3 is 5.97 Å². The number of amides is 1. The molecule has 3 rings (SSSR count). The van der Waals surface area contributed by atoms with E-state index in [-0.39, 0.29) is 34.1 Å². The van der Waals surface area contributed by atoms with Crippen molar-refractivity contribution < 1.29 is 23.5 Å². The second-order valence-electron chi connectivity index (χ2n) is 6.79. The van der Waals surface area contributed by atoms with Crippen LogP contribution in [0.1, 0.15) is 50.9 Å². The first kappa shape index (κ1) is 20.1. The normalized spacial score (nSPS) is 15.4. The molecule has 0 bridgehead atoms. The van der Waals surface area contributed by atoms with Gasteiger partial charge < -0.3 is 20.4 Å². The molecular formula is C20H19FN4O4. The van der Waals surface area contributed by atoms with E-state index in [1.165, 1.54) is 17.7 Å². The smallest absolute Gasteiger partial charge is 0.357 e. The Morgan fingerprint density at radius 2 is 2.14 bits per heavy atom. The third kappa shape index (κ3) is 3.23. The first-order chi connectivity index (χ1) is 13.7. The molecule has 1 amide bonds. The van der Waals surface area contributed by atoms with E-state index < -0.39 is 23.6 Å². The number of carbonyl (C=O) groups is 3. The quantitative estimate of drug-likeness (QED) is 0.759. The highest BCUT2D eigenvalue weighted by Gasteiger charge is 2.34. The molecule has 2 aromatic rings. The van der Waals surface area contributed by atoms with Crippen molar-refractivity contribution in [3.8, 4) is 11.8 Å². The standard InChI is InChI=1S/C20H19FN4O4/c1-9-12-4-5-14(24-10(2)26)19(27)16(12)15(6-13(9)21)25-8-11(7-22)17(23)18(25)20(28)29-3/h6,8,14H,4-5,23H2,1-3H3,(H,24,26). The van der Waals surface area contributed by atoms with E-state index in [2.05, 4.69) is 5.32 Å². The Labute approximate surface area is 166 Å². The minimum absolute atomic E-state index is 0.0122. The molecule has 1 heterocycles. The number of methoxy groups -OCH3 is 1. The van der Waals surface area contributed by atoms with Crippen molar-refractivity contribution in [1.82, 2.24) is 9.88 Å². The molecule has 1 unspecified atom stereocenters. The molecule has 1 aliphatic carbocycles. The molecule has 0 saturated carbocycles. The van der Waals surface area contributed by atoms with Crippen LogP contribution in [-0.4, -0.2) is 35.4 Å². The molecule has 3 N–H and O–H groups in total. The number of aromatic nitrogens is 1. The summed E-state index contributed by atoms with van der Waals surface area (Å²) in [5.41, 5.74) is 6.66. The first-order valence-electron chi connectivity index (χ1n) is 8.84. The van der Waals surface area contributed by atoms with Gasteiger partial charge in [-0.1, -0.05) is 0 Å². The number of esters is 1. The molecule has 0 spiro atoms. The number of carbonyl (C=O) groups excluding carboxylic acids is 3. The van der Waals surface area contributed by atoms with E-state index in [4.69, 9.17) is 10.5 Å². The number of benzene rings is 1. The highest BCUT2D eigenvalue weighted by Crippen LogP contribution is 2.34. The van der Waals surface area contributed by atoms with Gasteiger partial charge in [0.05, 0.1) is 30.1 Å². The summed E-state index contributed by atoms with van der Waals surface area (Å²) in [7, 11) is 1.15. The summed E-state index contributed by atoms with van der Waals surface area (Å²) in [6.45, 7) is 2.87. The molecule has 1 atom stereocenters. The monoisotopic (exact) mass is 398 g/mol. The molecule has 8 nitrogen and oxygen atoms in total. The van der Waals surface area contributed by atoms with Crippen molar-refractivity contribution in [2.75, 3.05) is 12.8 Å². The zero-order chi connectivity index (χ0) is 21.5. The van der Waals surface area contributed by atoms with E-state index in [1.807, 2.05) is 6.07 Å². The molecular weight excluding hydrogens is 379 g/mol. The number of nitrogen functional groups attached to an aromatic ring is 1. The molecule has 0 aliphatic heterocycles. The lowest BCUT2D eigenvalue weighted by Gasteiger charge is -2.28. The maximum atomic E-state index is 14.7. The predicted molar refractivity (Wildman–Crippen MR) is 101 cm³/mol. The summed E-state index contributed by atoms with van der Waals surface area (Å²) in [5, 5.41) is 11.9. The predicted octanol–water partition coefficient (Wildman–Crippen LogP) is 1.80. The summed E-state index contributed by atoms with van der Waals surface area (Å²) in [6.07, 6.45) is 1.95. The van der Waals surface area contributed by atoms with Crippen molar-refractivity contribution >= 4 is 23.3 Å². The van der Waals surface area contributed by atoms with Gasteiger partial charge in [0.25, 0.3) is 0 Å². The van der Waals surface area contributed by atoms with Crippen LogP contribution in [0.3, 0.4) is 0 Å². The van der Waals surface area contributed by atoms with Gasteiger partial charge in [0, 0.05) is 18.7 Å². The molecule has 1 aliphatic rings. The maximum absolute atomic E-state index is 14.7. The van der Waals surface area contributed by atoms with Gasteiger partial charge in [-0.15, -0.1) is 0 Å². The van der Waals surface area contributed by atoms with Crippen LogP contribution < -0.4 is 11.1 Å². The van der Waals surface area contributed by atoms with Gasteiger partial charge in [0.1, 0.15) is 11.9 Å². The summed E-state index contributed by atoms with van der Waals surface area (Å²) < 4.78 is 20.6. The number of fused-ring (bicyclic) bond motifs is 1. The molecule has 29 heavy (non-hydrogen) atoms. The average molecular weight is 398 g/mol. The topological polar surface area (TPSA) is 127 Å². The Morgan fingerprint density at radius 3 is 2.72 bits per heavy atom. The van der Waals surface area contributed by atoms with E-state index in [9.17, 15) is 24.0 Å². The van der Waals surface area contributed by atoms with Gasteiger partial charge in [-0.25, -0.2) is 9.18 Å². The fourth-order valence-corrected chi connectivity index (χ4v) is 3.65. The summed E-state index contributed by atoms with van der Waals surface area (Å²) >= 11 is 0. The number of hydrogen-bond donors (Lipinski definition) is 2. The van der Waals surface area contributed by atoms with Crippen molar-refractivity contribution in [3.05, 3.63) is 46.0 Å². The van der Waals surface area contributed by atoms with Crippen LogP contribution in [0.15, 0.2) is 12.3 Å². The fourth-order valence-electron chi connectivity index (χ4n) is 3.65. The summed E-state index contributed by atoms with van der Waals surface area (Å²) in [5.74, 6) is -2.16. The van der Waals surface area contributed by atoms with Gasteiger partial charge in [0.2, 0.25) is 5.91 Å². The molecule has 0 radical (unpaired) electrons. The highest BCUT2D eigenvalue weighted by atomic mass is 19.1. The lowest BCUT2D eigenvalue weighted by molar-refractivity contribution is -0.119. The van der Waals surface area contributed by atoms with E-state index in [0.717, 1.165) is 13.2 Å². The zero-order valence-corrected chi connectivity index (χ0v) is 16.1. The number of nitrogens with one attached hydrogen (secondary N) is 1. The third-order valence-corrected chi connectivity index (χ3v) is 5.06. The Hall–Kier alpha value is -3.67. The van der Waals surface area contributed by atoms with Crippen LogP contribution in [-0.2, 0) is 16.0 Å². The number of hydrogen-bond acceptors (Lipinski definition) is 6. The van der Waals surface area contributed by atoms with Crippen LogP contribution in [0.5, 0.6) is 0 Å². The highest BCUT2D eigenvalue weighted by molar-refractivity contribution is 6.07. The number of ketones is 1. The van der Waals surface area contributed by atoms with Crippen molar-refractivity contribution in [2.24, 2.45) is 0 Å². The van der Waals surface area contributed by atoms with E-state index >= 15 is 0 Å². The molecule has 0 saturated heterocycles. The lowest BCUT2D eigenvalue weighted by atomic mass is 9.83. The van der Waals surface area contributed by atoms with Crippen molar-refractivity contribution in [2.45, 2.75) is 32.7 Å². The van der Waals surface area contributed by atoms with Gasteiger partial charge in [-0.05, 0) is 37.0 Å². The van der Waals surface area contributed by atoms with Gasteiger partial charge in [0.15, 0.2) is 11.5 Å². The van der Waals surface area contributed by atoms with Gasteiger partial charge in [-0.2, -0.15) is 5.26 Å². The average Bonchev–Trinajstić information content (AvgIpc) is 3.01. The Balaban J connectivity index is 2.32. The number of rotatable bonds is 3. The first-order valence-corrected chi connectivity index (χ1v) is 8.84. The van der Waals surface area contributed by atoms with Crippen LogP contribution in [0.4, 0.5) is 10.1 Å². The molecule has 0 fully saturated rings. The Morgan fingerprint density at radius 1 is 1.45 bits per heavy atom. The SMILES string of the molecule is COC(=O)c1c(N)c(C#N)cn1-c1cc(F)c(C)c2c1C(=O)C(NC(C)=O)CC2. The molecule has 1 aromatic carbocycles. The van der Waals surface area contributed by atoms with Crippen LogP contribution in [0.2, 0.25) is 0 Å².